The molecule has 2 N–H and O–H groups in total. The van der Waals surface area contributed by atoms with Crippen LogP contribution in [-0.2, 0) is 4.74 Å². The molecule has 5 nitrogen and oxygen atoms in total. The molecular weight excluding hydrogens is 292 g/mol. The number of hydrogen-bond donors (Lipinski definition) is 2. The maximum Gasteiger partial charge on any atom is 0.0916 e. The molecule has 130 valence electrons. The first-order valence-electron chi connectivity index (χ1n) is 8.53. The Labute approximate surface area is 139 Å². The molecule has 1 aromatic rings. The van der Waals surface area contributed by atoms with Gasteiger partial charge >= 0.3 is 0 Å². The lowest BCUT2D eigenvalue weighted by Crippen LogP contribution is -2.45. The summed E-state index contributed by atoms with van der Waals surface area (Å²) >= 11 is 0. The van der Waals surface area contributed by atoms with Crippen molar-refractivity contribution in [1.29, 1.82) is 0 Å². The molecule has 0 aromatic heterocycles. The number of rotatable bonds is 8. The van der Waals surface area contributed by atoms with Gasteiger partial charge in [-0.3, -0.25) is 9.80 Å². The molecule has 2 rings (SSSR count). The number of benzene rings is 1. The van der Waals surface area contributed by atoms with Crippen LogP contribution in [-0.4, -0.2) is 78.6 Å². The van der Waals surface area contributed by atoms with Gasteiger partial charge in [0.25, 0.3) is 0 Å². The second-order valence-corrected chi connectivity index (χ2v) is 6.35. The van der Waals surface area contributed by atoms with Gasteiger partial charge in [0, 0.05) is 32.7 Å². The predicted molar refractivity (Wildman–Crippen MR) is 91.5 cm³/mol. The summed E-state index contributed by atoms with van der Waals surface area (Å²) in [7, 11) is 0. The van der Waals surface area contributed by atoms with Crippen molar-refractivity contribution in [1.82, 2.24) is 9.80 Å². The van der Waals surface area contributed by atoms with E-state index in [4.69, 9.17) is 4.74 Å². The van der Waals surface area contributed by atoms with Crippen molar-refractivity contribution in [2.75, 3.05) is 52.5 Å². The number of β-amino-alcohol motifs (C(OH)–C–C–N with tert-alkyl or cyclic N) is 1. The normalized spacial score (nSPS) is 19.0. The molecule has 0 spiro atoms. The van der Waals surface area contributed by atoms with Gasteiger partial charge in [0.05, 0.1) is 25.4 Å². The minimum atomic E-state index is -0.522. The summed E-state index contributed by atoms with van der Waals surface area (Å²) in [5.41, 5.74) is 2.12. The Bertz CT molecular complexity index is 446. The quantitative estimate of drug-likeness (QED) is 0.749. The van der Waals surface area contributed by atoms with Crippen molar-refractivity contribution in [3.8, 4) is 0 Å². The first-order chi connectivity index (χ1) is 11.1. The van der Waals surface area contributed by atoms with E-state index in [1.54, 1.807) is 0 Å². The van der Waals surface area contributed by atoms with Crippen molar-refractivity contribution in [2.45, 2.75) is 26.1 Å². The van der Waals surface area contributed by atoms with Crippen molar-refractivity contribution in [3.05, 3.63) is 35.4 Å². The fourth-order valence-corrected chi connectivity index (χ4v) is 2.91. The van der Waals surface area contributed by atoms with Gasteiger partial charge in [-0.1, -0.05) is 36.8 Å². The van der Waals surface area contributed by atoms with Crippen LogP contribution in [0.2, 0.25) is 0 Å². The lowest BCUT2D eigenvalue weighted by atomic mass is 10.1. The maximum absolute atomic E-state index is 10.4. The van der Waals surface area contributed by atoms with Crippen molar-refractivity contribution in [3.63, 3.8) is 0 Å². The van der Waals surface area contributed by atoms with Gasteiger partial charge in [0.2, 0.25) is 0 Å². The van der Waals surface area contributed by atoms with E-state index in [0.29, 0.717) is 19.6 Å². The molecule has 1 heterocycles. The summed E-state index contributed by atoms with van der Waals surface area (Å²) in [6, 6.07) is 7.97. The van der Waals surface area contributed by atoms with Gasteiger partial charge in [0.1, 0.15) is 0 Å². The summed E-state index contributed by atoms with van der Waals surface area (Å²) in [6.07, 6.45) is -0.926. The van der Waals surface area contributed by atoms with Crippen LogP contribution in [0.5, 0.6) is 0 Å². The van der Waals surface area contributed by atoms with Crippen LogP contribution in [0.25, 0.3) is 0 Å². The smallest absolute Gasteiger partial charge is 0.0916 e. The van der Waals surface area contributed by atoms with E-state index in [9.17, 15) is 10.2 Å². The molecule has 5 heteroatoms. The average Bonchev–Trinajstić information content (AvgIpc) is 2.55. The Morgan fingerprint density at radius 1 is 1.13 bits per heavy atom. The molecule has 0 amide bonds. The van der Waals surface area contributed by atoms with Crippen molar-refractivity contribution < 1.29 is 14.9 Å². The van der Waals surface area contributed by atoms with Crippen LogP contribution in [0, 0.1) is 6.92 Å². The zero-order valence-electron chi connectivity index (χ0n) is 14.3. The van der Waals surface area contributed by atoms with E-state index in [1.807, 2.05) is 31.2 Å². The molecule has 1 aromatic carbocycles. The summed E-state index contributed by atoms with van der Waals surface area (Å²) in [4.78, 5) is 4.34. The highest BCUT2D eigenvalue weighted by Crippen LogP contribution is 2.15. The monoisotopic (exact) mass is 322 g/mol. The lowest BCUT2D eigenvalue weighted by Gasteiger charge is -2.31. The van der Waals surface area contributed by atoms with Crippen LogP contribution >= 0.6 is 0 Å². The molecule has 1 fully saturated rings. The fourth-order valence-electron chi connectivity index (χ4n) is 2.91. The SMILES string of the molecule is CCN(CC(O)CN1CCOCC1)CC(O)c1ccc(C)cc1. The molecule has 1 aliphatic rings. The van der Waals surface area contributed by atoms with Gasteiger partial charge in [-0.25, -0.2) is 0 Å². The number of nitrogens with zero attached hydrogens (tertiary/aromatic N) is 2. The van der Waals surface area contributed by atoms with E-state index < -0.39 is 12.2 Å². The number of morpholine rings is 1. The number of likely N-dealkylation sites (N-methyl/N-ethyl adjacent to an activating group) is 1. The molecule has 23 heavy (non-hydrogen) atoms. The highest BCUT2D eigenvalue weighted by atomic mass is 16.5. The van der Waals surface area contributed by atoms with Crippen LogP contribution in [0.4, 0.5) is 0 Å². The van der Waals surface area contributed by atoms with Gasteiger partial charge in [-0.05, 0) is 19.0 Å². The van der Waals surface area contributed by atoms with Crippen LogP contribution in [0.15, 0.2) is 24.3 Å². The van der Waals surface area contributed by atoms with Gasteiger partial charge < -0.3 is 14.9 Å². The van der Waals surface area contributed by atoms with Gasteiger partial charge in [-0.15, -0.1) is 0 Å². The van der Waals surface area contributed by atoms with Crippen LogP contribution in [0.1, 0.15) is 24.2 Å². The highest BCUT2D eigenvalue weighted by Gasteiger charge is 2.19. The Morgan fingerprint density at radius 2 is 1.78 bits per heavy atom. The molecule has 2 atom stereocenters. The minimum absolute atomic E-state index is 0.404. The number of aliphatic hydroxyl groups excluding tert-OH is 2. The van der Waals surface area contributed by atoms with Crippen LogP contribution < -0.4 is 0 Å². The summed E-state index contributed by atoms with van der Waals surface area (Å²) < 4.78 is 5.33. The van der Waals surface area contributed by atoms with Gasteiger partial charge in [-0.2, -0.15) is 0 Å². The zero-order chi connectivity index (χ0) is 16.7. The third kappa shape index (κ3) is 6.20. The predicted octanol–water partition coefficient (Wildman–Crippen LogP) is 1.04. The average molecular weight is 322 g/mol. The maximum atomic E-state index is 10.4. The van der Waals surface area contributed by atoms with E-state index in [-0.39, 0.29) is 0 Å². The Balaban J connectivity index is 1.80. The zero-order valence-corrected chi connectivity index (χ0v) is 14.3. The summed E-state index contributed by atoms with van der Waals surface area (Å²) in [5, 5.41) is 20.7. The molecular formula is C18H30N2O3. The van der Waals surface area contributed by atoms with E-state index >= 15 is 0 Å². The van der Waals surface area contributed by atoms with Gasteiger partial charge in [0.15, 0.2) is 0 Å². The molecule has 1 aliphatic heterocycles. The first-order valence-corrected chi connectivity index (χ1v) is 8.53. The highest BCUT2D eigenvalue weighted by molar-refractivity contribution is 5.23. The van der Waals surface area contributed by atoms with Crippen molar-refractivity contribution >= 4 is 0 Å². The second-order valence-electron chi connectivity index (χ2n) is 6.35. The minimum Gasteiger partial charge on any atom is -0.390 e. The van der Waals surface area contributed by atoms with E-state index in [2.05, 4.69) is 16.7 Å². The van der Waals surface area contributed by atoms with E-state index in [0.717, 1.165) is 38.4 Å². The molecule has 0 saturated carbocycles. The number of aryl methyl sites for hydroxylation is 1. The first kappa shape index (κ1) is 18.4. The largest absolute Gasteiger partial charge is 0.390 e. The molecule has 0 radical (unpaired) electrons. The van der Waals surface area contributed by atoms with Crippen LogP contribution in [0.3, 0.4) is 0 Å². The summed E-state index contributed by atoms with van der Waals surface area (Å²) in [5.74, 6) is 0. The third-order valence-electron chi connectivity index (χ3n) is 4.38. The Kier molecular flexibility index (Phi) is 7.46. The summed E-state index contributed by atoms with van der Waals surface area (Å²) in [6.45, 7) is 9.96. The van der Waals surface area contributed by atoms with E-state index in [1.165, 1.54) is 5.56 Å². The number of hydrogen-bond acceptors (Lipinski definition) is 5. The van der Waals surface area contributed by atoms with Crippen molar-refractivity contribution in [2.24, 2.45) is 0 Å². The Hall–Kier alpha value is -0.980. The fraction of sp³-hybridized carbons (Fsp3) is 0.667. The topological polar surface area (TPSA) is 56.2 Å². The number of aliphatic hydroxyl groups is 2. The molecule has 0 bridgehead atoms. The molecule has 2 unspecified atom stereocenters. The standard InChI is InChI=1S/C18H30N2O3/c1-3-19(12-17(21)13-20-8-10-23-11-9-20)14-18(22)16-6-4-15(2)5-7-16/h4-7,17-18,21-22H,3,8-14H2,1-2H3. The third-order valence-corrected chi connectivity index (χ3v) is 4.38. The number of ether oxygens (including phenoxy) is 1. The second kappa shape index (κ2) is 9.35. The Morgan fingerprint density at radius 3 is 2.39 bits per heavy atom. The lowest BCUT2D eigenvalue weighted by molar-refractivity contribution is 0.00339. The molecule has 0 aliphatic carbocycles. The molecule has 1 saturated heterocycles.